The van der Waals surface area contributed by atoms with Crippen LogP contribution in [0.1, 0.15) is 44.0 Å². The van der Waals surface area contributed by atoms with Crippen LogP contribution in [-0.4, -0.2) is 30.1 Å². The van der Waals surface area contributed by atoms with Gasteiger partial charge in [-0.1, -0.05) is 37.0 Å². The van der Waals surface area contributed by atoms with Crippen LogP contribution in [0, 0.1) is 5.41 Å². The van der Waals surface area contributed by atoms with E-state index < -0.39 is 5.41 Å². The Labute approximate surface area is 196 Å². The highest BCUT2D eigenvalue weighted by atomic mass is 35.5. The average molecular weight is 472 g/mol. The number of aromatic nitrogens is 2. The third kappa shape index (κ3) is 2.75. The number of anilines is 1. The molecule has 2 aliphatic rings. The first-order valence-corrected chi connectivity index (χ1v) is 11.2. The van der Waals surface area contributed by atoms with E-state index >= 15 is 0 Å². The maximum Gasteiger partial charge on any atom is 0.237 e. The SMILES string of the molecule is COc1ccc(NC(=O)C23CCC(c4nc5cc(Cl)c(Cl)cc5nc42)C3(C)C)c(OC)c1. The van der Waals surface area contributed by atoms with E-state index in [-0.39, 0.29) is 17.2 Å². The third-order valence-corrected chi connectivity index (χ3v) is 8.01. The number of carbonyl (C=O) groups excluding carboxylic acids is 1. The summed E-state index contributed by atoms with van der Waals surface area (Å²) in [6.07, 6.45) is 1.57. The van der Waals surface area contributed by atoms with Gasteiger partial charge in [0.1, 0.15) is 11.5 Å². The van der Waals surface area contributed by atoms with Gasteiger partial charge in [0, 0.05) is 12.0 Å². The third-order valence-electron chi connectivity index (χ3n) is 7.29. The van der Waals surface area contributed by atoms with E-state index in [1.54, 1.807) is 44.6 Å². The largest absolute Gasteiger partial charge is 0.497 e. The standard InChI is InChI=1S/C24H23Cl2N3O3/c1-23(2)13-7-8-24(23,22(30)29-16-6-5-12(31-3)9-19(16)32-4)21-20(13)27-17-10-14(25)15(26)11-18(17)28-21/h5-6,9-11,13H,7-8H2,1-4H3,(H,29,30). The molecule has 32 heavy (non-hydrogen) atoms. The van der Waals surface area contributed by atoms with E-state index in [1.165, 1.54) is 0 Å². The minimum Gasteiger partial charge on any atom is -0.497 e. The lowest BCUT2D eigenvalue weighted by Crippen LogP contribution is -2.46. The Morgan fingerprint density at radius 2 is 1.75 bits per heavy atom. The van der Waals surface area contributed by atoms with Crippen molar-refractivity contribution in [2.24, 2.45) is 5.41 Å². The molecule has 166 valence electrons. The number of methoxy groups -OCH3 is 2. The molecule has 0 spiro atoms. The van der Waals surface area contributed by atoms with Gasteiger partial charge < -0.3 is 14.8 Å². The Kier molecular flexibility index (Phi) is 4.80. The molecule has 2 atom stereocenters. The zero-order chi connectivity index (χ0) is 22.8. The molecule has 2 aliphatic carbocycles. The average Bonchev–Trinajstić information content (AvgIpc) is 3.14. The van der Waals surface area contributed by atoms with Crippen LogP contribution in [0.15, 0.2) is 30.3 Å². The van der Waals surface area contributed by atoms with Gasteiger partial charge >= 0.3 is 0 Å². The summed E-state index contributed by atoms with van der Waals surface area (Å²) in [5, 5.41) is 3.96. The molecule has 1 N–H and O–H groups in total. The summed E-state index contributed by atoms with van der Waals surface area (Å²) in [6, 6.07) is 8.77. The van der Waals surface area contributed by atoms with Crippen LogP contribution >= 0.6 is 23.2 Å². The van der Waals surface area contributed by atoms with Gasteiger partial charge in [0.05, 0.1) is 57.8 Å². The van der Waals surface area contributed by atoms with E-state index in [4.69, 9.17) is 42.6 Å². The summed E-state index contributed by atoms with van der Waals surface area (Å²) >= 11 is 12.4. The summed E-state index contributed by atoms with van der Waals surface area (Å²) in [7, 11) is 3.15. The number of nitrogens with zero attached hydrogens (tertiary/aromatic N) is 2. The van der Waals surface area contributed by atoms with Gasteiger partial charge in [0.2, 0.25) is 5.91 Å². The smallest absolute Gasteiger partial charge is 0.237 e. The van der Waals surface area contributed by atoms with Gasteiger partial charge in [-0.3, -0.25) is 4.79 Å². The van der Waals surface area contributed by atoms with Crippen molar-refractivity contribution in [2.45, 2.75) is 38.0 Å². The molecule has 1 saturated carbocycles. The van der Waals surface area contributed by atoms with E-state index in [0.717, 1.165) is 17.8 Å². The maximum absolute atomic E-state index is 13.9. The molecule has 1 heterocycles. The predicted octanol–water partition coefficient (Wildman–Crippen LogP) is 5.75. The Hall–Kier alpha value is -2.57. The summed E-state index contributed by atoms with van der Waals surface area (Å²) in [5.74, 6) is 1.21. The first-order chi connectivity index (χ1) is 15.2. The molecule has 1 aromatic heterocycles. The summed E-state index contributed by atoms with van der Waals surface area (Å²) in [5.41, 5.74) is 2.35. The van der Waals surface area contributed by atoms with Gasteiger partial charge in [-0.05, 0) is 42.5 Å². The molecule has 0 aliphatic heterocycles. The second-order valence-corrected chi connectivity index (χ2v) is 9.77. The number of rotatable bonds is 4. The second kappa shape index (κ2) is 7.22. The van der Waals surface area contributed by atoms with Crippen molar-refractivity contribution in [3.8, 4) is 11.5 Å². The van der Waals surface area contributed by atoms with E-state index in [9.17, 15) is 4.79 Å². The molecule has 0 saturated heterocycles. The fourth-order valence-electron chi connectivity index (χ4n) is 5.51. The van der Waals surface area contributed by atoms with E-state index in [1.807, 2.05) is 0 Å². The molecule has 5 rings (SSSR count). The van der Waals surface area contributed by atoms with Gasteiger partial charge in [-0.25, -0.2) is 9.97 Å². The first-order valence-electron chi connectivity index (χ1n) is 10.4. The van der Waals surface area contributed by atoms with Crippen molar-refractivity contribution in [2.75, 3.05) is 19.5 Å². The molecule has 2 bridgehead atoms. The van der Waals surface area contributed by atoms with E-state index in [2.05, 4.69) is 19.2 Å². The lowest BCUT2D eigenvalue weighted by atomic mass is 9.67. The van der Waals surface area contributed by atoms with Crippen molar-refractivity contribution >= 4 is 45.8 Å². The summed E-state index contributed by atoms with van der Waals surface area (Å²) in [4.78, 5) is 23.8. The van der Waals surface area contributed by atoms with Crippen molar-refractivity contribution in [3.63, 3.8) is 0 Å². The maximum atomic E-state index is 13.9. The first kappa shape index (κ1) is 21.3. The number of halogens is 2. The normalized spacial score (nSPS) is 22.6. The minimum absolute atomic E-state index is 0.110. The fraction of sp³-hybridized carbons (Fsp3) is 0.375. The molecule has 3 aromatic rings. The molecule has 1 amide bonds. The zero-order valence-electron chi connectivity index (χ0n) is 18.3. The monoisotopic (exact) mass is 471 g/mol. The highest BCUT2D eigenvalue weighted by Crippen LogP contribution is 2.67. The van der Waals surface area contributed by atoms with Crippen LogP contribution in [0.5, 0.6) is 11.5 Å². The number of fused-ring (bicyclic) bond motifs is 6. The second-order valence-electron chi connectivity index (χ2n) is 8.95. The highest BCUT2D eigenvalue weighted by Gasteiger charge is 2.67. The predicted molar refractivity (Wildman–Crippen MR) is 125 cm³/mol. The van der Waals surface area contributed by atoms with Gasteiger partial charge in [0.25, 0.3) is 0 Å². The van der Waals surface area contributed by atoms with Crippen molar-refractivity contribution in [1.29, 1.82) is 0 Å². The summed E-state index contributed by atoms with van der Waals surface area (Å²) < 4.78 is 10.8. The van der Waals surface area contributed by atoms with Gasteiger partial charge in [0.15, 0.2) is 0 Å². The molecule has 6 nitrogen and oxygen atoms in total. The number of carbonyl (C=O) groups is 1. The Balaban J connectivity index is 1.63. The quantitative estimate of drug-likeness (QED) is 0.524. The zero-order valence-corrected chi connectivity index (χ0v) is 19.8. The molecule has 2 unspecified atom stereocenters. The van der Waals surface area contributed by atoms with E-state index in [0.29, 0.717) is 44.7 Å². The molecular formula is C24H23Cl2N3O3. The van der Waals surface area contributed by atoms with Crippen LogP contribution in [0.25, 0.3) is 11.0 Å². The number of nitrogens with one attached hydrogen (secondary N) is 1. The summed E-state index contributed by atoms with van der Waals surface area (Å²) in [6.45, 7) is 4.26. The lowest BCUT2D eigenvalue weighted by molar-refractivity contribution is -0.124. The Morgan fingerprint density at radius 3 is 2.41 bits per heavy atom. The fourth-order valence-corrected chi connectivity index (χ4v) is 5.83. The molecule has 1 fully saturated rings. The van der Waals surface area contributed by atoms with Crippen molar-refractivity contribution < 1.29 is 14.3 Å². The number of ether oxygens (including phenoxy) is 2. The van der Waals surface area contributed by atoms with Gasteiger partial charge in [-0.15, -0.1) is 0 Å². The highest BCUT2D eigenvalue weighted by molar-refractivity contribution is 6.42. The molecule has 8 heteroatoms. The van der Waals surface area contributed by atoms with Crippen LogP contribution in [0.4, 0.5) is 5.69 Å². The van der Waals surface area contributed by atoms with Crippen molar-refractivity contribution in [1.82, 2.24) is 9.97 Å². The number of benzene rings is 2. The topological polar surface area (TPSA) is 73.3 Å². The number of hydrogen-bond acceptors (Lipinski definition) is 5. The Bertz CT molecular complexity index is 1280. The molecule has 0 radical (unpaired) electrons. The van der Waals surface area contributed by atoms with Crippen LogP contribution < -0.4 is 14.8 Å². The van der Waals surface area contributed by atoms with Crippen LogP contribution in [0.2, 0.25) is 10.0 Å². The van der Waals surface area contributed by atoms with Gasteiger partial charge in [-0.2, -0.15) is 0 Å². The molecule has 2 aromatic carbocycles. The lowest BCUT2D eigenvalue weighted by Gasteiger charge is -2.36. The molecular weight excluding hydrogens is 449 g/mol. The van der Waals surface area contributed by atoms with Crippen molar-refractivity contribution in [3.05, 3.63) is 51.8 Å². The number of hydrogen-bond donors (Lipinski definition) is 1. The number of amides is 1. The minimum atomic E-state index is -0.814. The van der Waals surface area contributed by atoms with Crippen LogP contribution in [-0.2, 0) is 10.2 Å². The van der Waals surface area contributed by atoms with Crippen LogP contribution in [0.3, 0.4) is 0 Å². The Morgan fingerprint density at radius 1 is 1.06 bits per heavy atom.